The van der Waals surface area contributed by atoms with E-state index in [2.05, 4.69) is 4.72 Å². The number of nitrogens with one attached hydrogen (secondary N) is 1. The topological polar surface area (TPSA) is 61.4 Å². The standard InChI is InChI=1S/C17H24F3NO3S/c1-15(2,3)24-14(22)12-9-7-11(8-10-12)13(17(18,19)20)21-25(23)16(4,5)6/h7-10,13,21H,1-6H3/t13-,25+/m0/s1. The Bertz CT molecular complexity index is 589. The highest BCUT2D eigenvalue weighted by molar-refractivity contribution is 7.90. The van der Waals surface area contributed by atoms with Gasteiger partial charge in [0, 0.05) is 11.4 Å². The van der Waals surface area contributed by atoms with E-state index in [1.165, 1.54) is 24.3 Å². The average molecular weight is 379 g/mol. The minimum Gasteiger partial charge on any atom is -0.598 e. The summed E-state index contributed by atoms with van der Waals surface area (Å²) in [5.41, 5.74) is -0.677. The summed E-state index contributed by atoms with van der Waals surface area (Å²) in [5.74, 6) is -0.617. The van der Waals surface area contributed by atoms with Gasteiger partial charge in [-0.05, 0) is 59.2 Å². The largest absolute Gasteiger partial charge is 0.598 e. The Morgan fingerprint density at radius 2 is 1.56 bits per heavy atom. The van der Waals surface area contributed by atoms with Crippen LogP contribution in [0.25, 0.3) is 0 Å². The van der Waals surface area contributed by atoms with Crippen LogP contribution in [0.15, 0.2) is 24.3 Å². The molecule has 8 heteroatoms. The molecule has 0 heterocycles. The Labute approximate surface area is 149 Å². The van der Waals surface area contributed by atoms with Crippen molar-refractivity contribution >= 4 is 17.3 Å². The molecule has 0 aromatic heterocycles. The molecule has 0 amide bonds. The number of halogens is 3. The number of esters is 1. The normalized spacial score (nSPS) is 15.6. The summed E-state index contributed by atoms with van der Waals surface area (Å²) < 4.78 is 58.6. The molecule has 0 spiro atoms. The van der Waals surface area contributed by atoms with E-state index in [1.54, 1.807) is 41.5 Å². The van der Waals surface area contributed by atoms with Gasteiger partial charge < -0.3 is 9.29 Å². The Morgan fingerprint density at radius 3 is 1.92 bits per heavy atom. The number of benzene rings is 1. The second kappa shape index (κ2) is 7.55. The fourth-order valence-electron chi connectivity index (χ4n) is 1.76. The van der Waals surface area contributed by atoms with Crippen LogP contribution in [0.5, 0.6) is 0 Å². The van der Waals surface area contributed by atoms with E-state index in [0.29, 0.717) is 0 Å². The molecule has 2 atom stereocenters. The summed E-state index contributed by atoms with van der Waals surface area (Å²) >= 11 is -1.90. The van der Waals surface area contributed by atoms with Gasteiger partial charge in [-0.15, -0.1) is 4.72 Å². The number of hydrogen-bond acceptors (Lipinski definition) is 4. The zero-order valence-electron chi connectivity index (χ0n) is 15.2. The molecule has 1 N–H and O–H groups in total. The molecule has 0 aliphatic rings. The van der Waals surface area contributed by atoms with Crippen molar-refractivity contribution in [1.82, 2.24) is 4.72 Å². The molecule has 0 fully saturated rings. The van der Waals surface area contributed by atoms with E-state index in [1.807, 2.05) is 0 Å². The van der Waals surface area contributed by atoms with E-state index in [4.69, 9.17) is 4.74 Å². The fourth-order valence-corrected chi connectivity index (χ4v) is 2.59. The second-order valence-corrected chi connectivity index (χ2v) is 9.60. The molecule has 0 saturated carbocycles. The number of rotatable bonds is 4. The van der Waals surface area contributed by atoms with Gasteiger partial charge in [0.2, 0.25) is 0 Å². The molecule has 0 aliphatic carbocycles. The number of ether oxygens (including phenoxy) is 1. The number of carbonyl (C=O) groups excluding carboxylic acids is 1. The molecule has 0 saturated heterocycles. The van der Waals surface area contributed by atoms with Crippen molar-refractivity contribution in [2.75, 3.05) is 0 Å². The van der Waals surface area contributed by atoms with Crippen molar-refractivity contribution in [3.63, 3.8) is 0 Å². The highest BCUT2D eigenvalue weighted by atomic mass is 32.2. The van der Waals surface area contributed by atoms with Crippen LogP contribution in [0.3, 0.4) is 0 Å². The zero-order valence-corrected chi connectivity index (χ0v) is 16.0. The van der Waals surface area contributed by atoms with E-state index < -0.39 is 39.9 Å². The Morgan fingerprint density at radius 1 is 1.08 bits per heavy atom. The molecule has 4 nitrogen and oxygen atoms in total. The van der Waals surface area contributed by atoms with Crippen LogP contribution in [-0.2, 0) is 16.1 Å². The predicted molar refractivity (Wildman–Crippen MR) is 91.4 cm³/mol. The van der Waals surface area contributed by atoms with Crippen LogP contribution < -0.4 is 4.72 Å². The van der Waals surface area contributed by atoms with Gasteiger partial charge in [-0.2, -0.15) is 13.2 Å². The van der Waals surface area contributed by atoms with Crippen LogP contribution in [0.1, 0.15) is 63.5 Å². The lowest BCUT2D eigenvalue weighted by atomic mass is 10.0. The third-order valence-electron chi connectivity index (χ3n) is 2.99. The molecule has 0 radical (unpaired) electrons. The first-order valence-electron chi connectivity index (χ1n) is 7.69. The Kier molecular flexibility index (Phi) is 6.58. The monoisotopic (exact) mass is 379 g/mol. The maximum atomic E-state index is 13.3. The lowest BCUT2D eigenvalue weighted by Crippen LogP contribution is -2.45. The highest BCUT2D eigenvalue weighted by Gasteiger charge is 2.45. The molecule has 25 heavy (non-hydrogen) atoms. The molecular weight excluding hydrogens is 355 g/mol. The molecular formula is C17H24F3NO3S. The summed E-state index contributed by atoms with van der Waals surface area (Å²) in [4.78, 5) is 11.9. The summed E-state index contributed by atoms with van der Waals surface area (Å²) in [6, 6.07) is 2.81. The van der Waals surface area contributed by atoms with Gasteiger partial charge in [0.25, 0.3) is 0 Å². The SMILES string of the molecule is CC(C)(C)OC(=O)c1ccc([C@H](N[S@+]([O-])C(C)(C)C)C(F)(F)F)cc1. The van der Waals surface area contributed by atoms with E-state index in [9.17, 15) is 22.5 Å². The van der Waals surface area contributed by atoms with Crippen molar-refractivity contribution in [1.29, 1.82) is 0 Å². The number of carbonyl (C=O) groups is 1. The average Bonchev–Trinajstić information content (AvgIpc) is 2.40. The summed E-state index contributed by atoms with van der Waals surface area (Å²) in [5, 5.41) is 0. The Hall–Kier alpha value is -1.25. The van der Waals surface area contributed by atoms with Gasteiger partial charge in [-0.1, -0.05) is 12.1 Å². The first kappa shape index (κ1) is 21.8. The van der Waals surface area contributed by atoms with Crippen LogP contribution in [0.4, 0.5) is 13.2 Å². The first-order valence-corrected chi connectivity index (χ1v) is 8.84. The first-order chi connectivity index (χ1) is 11.1. The maximum absolute atomic E-state index is 13.3. The lowest BCUT2D eigenvalue weighted by Gasteiger charge is -2.29. The van der Waals surface area contributed by atoms with Gasteiger partial charge in [-0.25, -0.2) is 4.79 Å². The van der Waals surface area contributed by atoms with Crippen LogP contribution in [0.2, 0.25) is 0 Å². The Balaban J connectivity index is 3.04. The third kappa shape index (κ3) is 6.87. The fraction of sp³-hybridized carbons (Fsp3) is 0.588. The third-order valence-corrected chi connectivity index (χ3v) is 4.55. The van der Waals surface area contributed by atoms with Crippen LogP contribution in [0, 0.1) is 0 Å². The van der Waals surface area contributed by atoms with E-state index in [-0.39, 0.29) is 11.1 Å². The summed E-state index contributed by atoms with van der Waals surface area (Å²) in [7, 11) is 0. The summed E-state index contributed by atoms with van der Waals surface area (Å²) in [6.45, 7) is 9.83. The smallest absolute Gasteiger partial charge is 0.412 e. The lowest BCUT2D eigenvalue weighted by molar-refractivity contribution is -0.153. The van der Waals surface area contributed by atoms with E-state index >= 15 is 0 Å². The van der Waals surface area contributed by atoms with Crippen molar-refractivity contribution in [3.8, 4) is 0 Å². The van der Waals surface area contributed by atoms with E-state index in [0.717, 1.165) is 0 Å². The number of alkyl halides is 3. The zero-order chi connectivity index (χ0) is 19.6. The van der Waals surface area contributed by atoms with Gasteiger partial charge in [0.1, 0.15) is 10.3 Å². The molecule has 1 aromatic carbocycles. The quantitative estimate of drug-likeness (QED) is 0.626. The molecule has 142 valence electrons. The van der Waals surface area contributed by atoms with Gasteiger partial charge in [0.15, 0.2) is 6.04 Å². The molecule has 1 rings (SSSR count). The van der Waals surface area contributed by atoms with Gasteiger partial charge in [0.05, 0.1) is 5.56 Å². The van der Waals surface area contributed by atoms with Crippen LogP contribution in [-0.4, -0.2) is 27.0 Å². The molecule has 0 bridgehead atoms. The predicted octanol–water partition coefficient (Wildman–Crippen LogP) is 4.30. The highest BCUT2D eigenvalue weighted by Crippen LogP contribution is 2.34. The van der Waals surface area contributed by atoms with Crippen molar-refractivity contribution in [3.05, 3.63) is 35.4 Å². The minimum absolute atomic E-state index is 0.127. The van der Waals surface area contributed by atoms with Crippen LogP contribution >= 0.6 is 0 Å². The molecule has 0 aliphatic heterocycles. The second-order valence-electron chi connectivity index (χ2n) is 7.60. The van der Waals surface area contributed by atoms with Crippen molar-refractivity contribution in [2.45, 2.75) is 64.1 Å². The van der Waals surface area contributed by atoms with Crippen molar-refractivity contribution < 1.29 is 27.3 Å². The summed E-state index contributed by atoms with van der Waals surface area (Å²) in [6.07, 6.45) is -4.63. The maximum Gasteiger partial charge on any atom is 0.412 e. The van der Waals surface area contributed by atoms with Crippen molar-refractivity contribution in [2.24, 2.45) is 0 Å². The van der Waals surface area contributed by atoms with Gasteiger partial charge in [-0.3, -0.25) is 0 Å². The minimum atomic E-state index is -4.63. The van der Waals surface area contributed by atoms with Gasteiger partial charge >= 0.3 is 12.1 Å². The molecule has 0 unspecified atom stereocenters. The number of hydrogen-bond donors (Lipinski definition) is 1. The molecule has 1 aromatic rings.